The normalized spacial score (nSPS) is 20.4. The number of carbonyl (C=O) groups excluding carboxylic acids is 6. The van der Waals surface area contributed by atoms with Crippen molar-refractivity contribution in [3.63, 3.8) is 0 Å². The summed E-state index contributed by atoms with van der Waals surface area (Å²) >= 11 is 0. The number of rotatable bonds is 10. The van der Waals surface area contributed by atoms with Crippen molar-refractivity contribution in [3.8, 4) is 11.5 Å². The van der Waals surface area contributed by atoms with Gasteiger partial charge in [-0.1, -0.05) is 12.1 Å². The van der Waals surface area contributed by atoms with Crippen molar-refractivity contribution >= 4 is 68.6 Å². The highest BCUT2D eigenvalue weighted by molar-refractivity contribution is 8.24. The van der Waals surface area contributed by atoms with E-state index in [1.54, 1.807) is 29.2 Å². The van der Waals surface area contributed by atoms with Gasteiger partial charge >= 0.3 is 0 Å². The molecule has 0 aromatic heterocycles. The maximum atomic E-state index is 15.6. The summed E-state index contributed by atoms with van der Waals surface area (Å²) in [6.07, 6.45) is 1.31. The van der Waals surface area contributed by atoms with E-state index in [4.69, 9.17) is 4.74 Å². The third-order valence-corrected chi connectivity index (χ3v) is 11.4. The highest BCUT2D eigenvalue weighted by Crippen LogP contribution is 2.51. The minimum atomic E-state index is -3.87. The number of hydrogen-bond donors (Lipinski definition) is 7. The molecule has 0 spiro atoms. The number of phenols is 1. The number of amides is 6. The number of hydrogen-bond acceptors (Lipinski definition) is 12. The van der Waals surface area contributed by atoms with E-state index in [0.717, 1.165) is 0 Å². The van der Waals surface area contributed by atoms with Crippen LogP contribution in [0, 0.1) is 11.7 Å². The lowest BCUT2D eigenvalue weighted by molar-refractivity contribution is -0.137. The molecule has 19 heteroatoms. The fourth-order valence-corrected chi connectivity index (χ4v) is 8.42. The number of halogens is 1. The predicted octanol–water partition coefficient (Wildman–Crippen LogP) is 1.81. The molecule has 286 valence electrons. The van der Waals surface area contributed by atoms with Crippen LogP contribution in [0.15, 0.2) is 42.5 Å². The molecule has 0 bridgehead atoms. The maximum Gasteiger partial charge on any atom is 0.260 e. The summed E-state index contributed by atoms with van der Waals surface area (Å²) in [5.41, 5.74) is 1.19. The van der Waals surface area contributed by atoms with E-state index in [9.17, 15) is 43.0 Å². The van der Waals surface area contributed by atoms with Crippen molar-refractivity contribution in [1.82, 2.24) is 25.2 Å². The Morgan fingerprint density at radius 2 is 1.78 bits per heavy atom. The molecule has 3 saturated heterocycles. The highest BCUT2D eigenvalue weighted by Gasteiger charge is 2.41. The van der Waals surface area contributed by atoms with E-state index in [2.05, 4.69) is 16.0 Å². The second-order valence-electron chi connectivity index (χ2n) is 13.4. The van der Waals surface area contributed by atoms with Gasteiger partial charge in [-0.25, -0.2) is 13.4 Å². The molecule has 4 heterocycles. The van der Waals surface area contributed by atoms with E-state index in [1.165, 1.54) is 23.1 Å². The van der Waals surface area contributed by atoms with Gasteiger partial charge < -0.3 is 30.3 Å². The van der Waals surface area contributed by atoms with Crippen LogP contribution in [0.2, 0.25) is 0 Å². The average molecular weight is 768 g/mol. The Balaban J connectivity index is 0.864. The van der Waals surface area contributed by atoms with E-state index in [1.807, 2.05) is 4.72 Å². The van der Waals surface area contributed by atoms with Crippen molar-refractivity contribution in [2.45, 2.75) is 38.3 Å². The van der Waals surface area contributed by atoms with Crippen LogP contribution in [0.3, 0.4) is 0 Å². The van der Waals surface area contributed by atoms with Gasteiger partial charge in [0.2, 0.25) is 23.6 Å². The lowest BCUT2D eigenvalue weighted by Crippen LogP contribution is -2.52. The Morgan fingerprint density at radius 3 is 2.50 bits per heavy atom. The van der Waals surface area contributed by atoms with E-state index < -0.39 is 52.6 Å². The molecule has 3 fully saturated rings. The van der Waals surface area contributed by atoms with Gasteiger partial charge in [0, 0.05) is 54.2 Å². The first-order chi connectivity index (χ1) is 25.8. The SMILES string of the molecule is O=C1CCC(N2Cc3c(NCC(=O)N4CCC(C(=O)NCCOc5ccc6cc(O)c(N7CC(=O)NS7(O)O)c(F)c6c5)CC4)cccc3C2=O)C(=O)N1. The summed E-state index contributed by atoms with van der Waals surface area (Å²) in [6.45, 7) is 0.542. The molecule has 0 aliphatic carbocycles. The highest BCUT2D eigenvalue weighted by atomic mass is 32.3. The summed E-state index contributed by atoms with van der Waals surface area (Å²) in [6, 6.07) is 10.1. The second kappa shape index (κ2) is 14.6. The van der Waals surface area contributed by atoms with Crippen LogP contribution in [0.5, 0.6) is 11.5 Å². The van der Waals surface area contributed by atoms with Crippen LogP contribution in [0.1, 0.15) is 41.6 Å². The molecule has 3 aromatic rings. The summed E-state index contributed by atoms with van der Waals surface area (Å²) in [4.78, 5) is 77.9. The van der Waals surface area contributed by atoms with Crippen LogP contribution in [0.25, 0.3) is 10.8 Å². The number of fused-ring (bicyclic) bond motifs is 2. The number of ether oxygens (including phenoxy) is 1. The third kappa shape index (κ3) is 7.16. The molecule has 17 nitrogen and oxygen atoms in total. The Labute approximate surface area is 309 Å². The molecule has 7 N–H and O–H groups in total. The number of carbonyl (C=O) groups is 6. The van der Waals surface area contributed by atoms with Gasteiger partial charge in [0.25, 0.3) is 11.8 Å². The zero-order chi connectivity index (χ0) is 38.3. The Hall–Kier alpha value is -5.66. The van der Waals surface area contributed by atoms with Crippen LogP contribution >= 0.6 is 11.0 Å². The molecule has 54 heavy (non-hydrogen) atoms. The zero-order valence-electron chi connectivity index (χ0n) is 28.8. The first-order valence-electron chi connectivity index (χ1n) is 17.3. The van der Waals surface area contributed by atoms with Crippen molar-refractivity contribution in [2.24, 2.45) is 5.92 Å². The summed E-state index contributed by atoms with van der Waals surface area (Å²) < 4.78 is 44.3. The fourth-order valence-electron chi connectivity index (χ4n) is 7.21. The second-order valence-corrected chi connectivity index (χ2v) is 15.1. The molecular formula is C35H38FN7O10S. The Kier molecular flexibility index (Phi) is 9.94. The molecule has 3 aromatic carbocycles. The van der Waals surface area contributed by atoms with Crippen LogP contribution < -0.4 is 29.7 Å². The number of likely N-dealkylation sites (tertiary alicyclic amines) is 1. The zero-order valence-corrected chi connectivity index (χ0v) is 29.6. The molecule has 7 rings (SSSR count). The quantitative estimate of drug-likeness (QED) is 0.116. The summed E-state index contributed by atoms with van der Waals surface area (Å²) in [5.74, 6) is -3.86. The van der Waals surface area contributed by atoms with E-state index >= 15 is 4.39 Å². The van der Waals surface area contributed by atoms with Gasteiger partial charge in [-0.3, -0.25) is 43.2 Å². The Bertz CT molecular complexity index is 2080. The van der Waals surface area contributed by atoms with Crippen molar-refractivity contribution in [3.05, 3.63) is 59.4 Å². The number of benzene rings is 3. The lowest BCUT2D eigenvalue weighted by Gasteiger charge is -2.36. The van der Waals surface area contributed by atoms with Gasteiger partial charge in [-0.2, -0.15) is 0 Å². The predicted molar refractivity (Wildman–Crippen MR) is 193 cm³/mol. The van der Waals surface area contributed by atoms with Crippen molar-refractivity contribution in [1.29, 1.82) is 0 Å². The number of nitrogens with one attached hydrogen (secondary N) is 4. The fraction of sp³-hybridized carbons (Fsp3) is 0.371. The minimum Gasteiger partial charge on any atom is -0.506 e. The summed E-state index contributed by atoms with van der Waals surface area (Å²) in [7, 11) is -3.87. The standard InChI is InChI=1S/C35H38FN7O10S/c36-31-23-15-21(5-4-20(23)14-27(44)32(31)43-18-29(46)40-54(43,51)52)53-13-10-37-33(48)19-8-11-41(12-9-19)30(47)16-38-25-3-1-2-22-24(25)17-42(35(22)50)26-6-7-28(45)39-34(26)49/h1-5,14-15,19,26,38,44,51-52H,6-13,16-18H2,(H,37,48)(H,40,46)(H,39,45,49). The molecule has 1 atom stereocenters. The molecule has 0 radical (unpaired) electrons. The number of piperidine rings is 2. The smallest absolute Gasteiger partial charge is 0.260 e. The van der Waals surface area contributed by atoms with Crippen LogP contribution in [-0.2, 0) is 30.5 Å². The maximum absolute atomic E-state index is 15.6. The lowest BCUT2D eigenvalue weighted by atomic mass is 9.96. The number of phenolic OH excluding ortho intramolecular Hbond substituents is 1. The van der Waals surface area contributed by atoms with E-state index in [0.29, 0.717) is 52.4 Å². The topological polar surface area (TPSA) is 230 Å². The number of aromatic hydroxyl groups is 1. The van der Waals surface area contributed by atoms with Gasteiger partial charge in [-0.15, -0.1) is 0 Å². The number of nitrogens with zero attached hydrogens (tertiary/aromatic N) is 3. The first-order valence-corrected chi connectivity index (χ1v) is 18.8. The third-order valence-electron chi connectivity index (χ3n) is 10.00. The van der Waals surface area contributed by atoms with Crippen molar-refractivity contribution < 1.29 is 52.1 Å². The molecule has 6 amide bonds. The summed E-state index contributed by atoms with van der Waals surface area (Å²) in [5, 5.41) is 19.0. The largest absolute Gasteiger partial charge is 0.506 e. The van der Waals surface area contributed by atoms with Crippen molar-refractivity contribution in [2.75, 3.05) is 49.0 Å². The molecule has 0 saturated carbocycles. The van der Waals surface area contributed by atoms with Crippen LogP contribution in [0.4, 0.5) is 15.8 Å². The van der Waals surface area contributed by atoms with Crippen LogP contribution in [-0.4, -0.2) is 105 Å². The van der Waals surface area contributed by atoms with Gasteiger partial charge in [-0.05, 0) is 65.9 Å². The monoisotopic (exact) mass is 767 g/mol. The van der Waals surface area contributed by atoms with E-state index in [-0.39, 0.29) is 79.8 Å². The van der Waals surface area contributed by atoms with Gasteiger partial charge in [0.05, 0.1) is 13.1 Å². The minimum absolute atomic E-state index is 0.00888. The number of imide groups is 1. The average Bonchev–Trinajstić information content (AvgIpc) is 3.62. The number of anilines is 2. The molecule has 4 aliphatic rings. The molecule has 1 unspecified atom stereocenters. The molecular weight excluding hydrogens is 729 g/mol. The van der Waals surface area contributed by atoms with Gasteiger partial charge in [0.1, 0.15) is 36.4 Å². The molecule has 4 aliphatic heterocycles. The Morgan fingerprint density at radius 1 is 1.00 bits per heavy atom. The first kappa shape index (κ1) is 36.7. The van der Waals surface area contributed by atoms with Gasteiger partial charge in [0.15, 0.2) is 5.82 Å².